The number of Topliss-reactive ketones (excluding diaryl/α,β-unsaturated/α-hetero) is 1. The molecule has 3 rings (SSSR count). The Kier molecular flexibility index (Phi) is 8.64. The van der Waals surface area contributed by atoms with Gasteiger partial charge in [-0.3, -0.25) is 9.69 Å². The molecule has 1 N–H and O–H groups in total. The number of halogens is 6. The van der Waals surface area contributed by atoms with Gasteiger partial charge in [0.1, 0.15) is 0 Å². The molecule has 2 aromatic rings. The lowest BCUT2D eigenvalue weighted by molar-refractivity contribution is -0.138. The molecule has 1 aliphatic heterocycles. The first kappa shape index (κ1) is 27.9. The maximum absolute atomic E-state index is 13.1. The smallest absolute Gasteiger partial charge is 0.305 e. The molecule has 2 aromatic carbocycles. The van der Waals surface area contributed by atoms with E-state index in [0.717, 1.165) is 36.9 Å². The van der Waals surface area contributed by atoms with Gasteiger partial charge in [0, 0.05) is 24.5 Å². The molecule has 0 radical (unpaired) electrons. The zero-order valence-corrected chi connectivity index (χ0v) is 20.2. The van der Waals surface area contributed by atoms with Gasteiger partial charge in [-0.2, -0.15) is 26.3 Å². The number of rotatable bonds is 8. The highest BCUT2D eigenvalue weighted by molar-refractivity contribution is 6.27. The van der Waals surface area contributed by atoms with E-state index in [-0.39, 0.29) is 11.8 Å². The molecule has 196 valence electrons. The minimum absolute atomic E-state index is 0.280. The number of alkyl halides is 6. The summed E-state index contributed by atoms with van der Waals surface area (Å²) >= 11 is 0. The van der Waals surface area contributed by atoms with Crippen LogP contribution in [0.3, 0.4) is 0 Å². The summed E-state index contributed by atoms with van der Waals surface area (Å²) < 4.78 is 78.8. The molecule has 0 aliphatic carbocycles. The lowest BCUT2D eigenvalue weighted by Gasteiger charge is -2.44. The minimum atomic E-state index is -4.48. The monoisotopic (exact) mass is 512 g/mol. The number of nitrogens with zero attached hydrogens (tertiary/aromatic N) is 1. The second-order valence-corrected chi connectivity index (χ2v) is 9.75. The molecule has 1 saturated heterocycles. The molecule has 0 saturated carbocycles. The molecule has 1 aliphatic rings. The lowest BCUT2D eigenvalue weighted by atomic mass is 9.82. The van der Waals surface area contributed by atoms with Crippen LogP contribution in [-0.4, -0.2) is 23.4 Å². The first-order valence-electron chi connectivity index (χ1n) is 12.0. The van der Waals surface area contributed by atoms with Crippen molar-refractivity contribution in [2.45, 2.75) is 64.0 Å². The normalized spacial score (nSPS) is 20.4. The minimum Gasteiger partial charge on any atom is -0.305 e. The number of benzene rings is 2. The van der Waals surface area contributed by atoms with Gasteiger partial charge in [0.15, 0.2) is 5.78 Å². The van der Waals surface area contributed by atoms with Crippen LogP contribution in [0.1, 0.15) is 73.9 Å². The third-order valence-electron chi connectivity index (χ3n) is 6.85. The molecule has 0 spiro atoms. The number of likely N-dealkylation sites (tertiary alicyclic amines) is 1. The standard InChI is InChI=1S/C27H30F6N2O/c1-17(2)3-12-23(18-4-8-21(9-5-18)26(28,29)30)35-14-13-20(25(36)16-34)15-24(35)19-6-10-22(11-7-19)27(31,32)33/h4-11,16-17,20,23-24,34H,3,12-15H2,1-2H3/t20-,23+,24+/m1/s1. The highest BCUT2D eigenvalue weighted by atomic mass is 19.4. The van der Waals surface area contributed by atoms with E-state index in [0.29, 0.717) is 42.9 Å². The maximum atomic E-state index is 13.1. The van der Waals surface area contributed by atoms with E-state index in [4.69, 9.17) is 5.41 Å². The summed E-state index contributed by atoms with van der Waals surface area (Å²) in [4.78, 5) is 14.4. The van der Waals surface area contributed by atoms with Crippen LogP contribution in [0.4, 0.5) is 26.3 Å². The lowest BCUT2D eigenvalue weighted by Crippen LogP contribution is -2.41. The predicted octanol–water partition coefficient (Wildman–Crippen LogP) is 7.87. The highest BCUT2D eigenvalue weighted by Crippen LogP contribution is 2.43. The number of nitrogens with one attached hydrogen (secondary N) is 1. The molecular formula is C27H30F6N2O. The SMILES string of the molecule is CC(C)CC[C@@H](c1ccc(C(F)(F)F)cc1)N1CC[C@@H](C(=O)C=N)C[C@H]1c1ccc(C(F)(F)F)cc1. The van der Waals surface area contributed by atoms with E-state index in [1.54, 1.807) is 0 Å². The largest absolute Gasteiger partial charge is 0.416 e. The van der Waals surface area contributed by atoms with Crippen LogP contribution in [0.5, 0.6) is 0 Å². The predicted molar refractivity (Wildman–Crippen MR) is 126 cm³/mol. The Morgan fingerprint density at radius 1 is 0.944 bits per heavy atom. The van der Waals surface area contributed by atoms with Crippen LogP contribution in [-0.2, 0) is 17.1 Å². The third kappa shape index (κ3) is 6.75. The van der Waals surface area contributed by atoms with Crippen molar-refractivity contribution < 1.29 is 31.1 Å². The number of carbonyl (C=O) groups excluding carboxylic acids is 1. The Balaban J connectivity index is 2.01. The molecule has 1 fully saturated rings. The second kappa shape index (κ2) is 11.2. The van der Waals surface area contributed by atoms with Gasteiger partial charge in [0.2, 0.25) is 0 Å². The first-order valence-corrected chi connectivity index (χ1v) is 12.0. The van der Waals surface area contributed by atoms with E-state index in [1.807, 2.05) is 13.8 Å². The van der Waals surface area contributed by atoms with Crippen LogP contribution < -0.4 is 0 Å². The fourth-order valence-corrected chi connectivity index (χ4v) is 4.86. The van der Waals surface area contributed by atoms with Crippen LogP contribution >= 0.6 is 0 Å². The van der Waals surface area contributed by atoms with Gasteiger partial charge in [-0.15, -0.1) is 0 Å². The Morgan fingerprint density at radius 3 is 1.94 bits per heavy atom. The molecule has 1 heterocycles. The van der Waals surface area contributed by atoms with Crippen molar-refractivity contribution in [2.24, 2.45) is 11.8 Å². The van der Waals surface area contributed by atoms with Crippen LogP contribution in [0.25, 0.3) is 0 Å². The Morgan fingerprint density at radius 2 is 1.47 bits per heavy atom. The van der Waals surface area contributed by atoms with Crippen molar-refractivity contribution in [3.63, 3.8) is 0 Å². The first-order chi connectivity index (χ1) is 16.8. The fraction of sp³-hybridized carbons (Fsp3) is 0.481. The van der Waals surface area contributed by atoms with Gasteiger partial charge in [-0.25, -0.2) is 0 Å². The van der Waals surface area contributed by atoms with E-state index >= 15 is 0 Å². The Hall–Kier alpha value is -2.68. The highest BCUT2D eigenvalue weighted by Gasteiger charge is 2.38. The molecule has 36 heavy (non-hydrogen) atoms. The number of ketones is 1. The van der Waals surface area contributed by atoms with E-state index in [2.05, 4.69) is 4.90 Å². The molecular weight excluding hydrogens is 482 g/mol. The van der Waals surface area contributed by atoms with Crippen molar-refractivity contribution in [1.29, 1.82) is 5.41 Å². The summed E-state index contributed by atoms with van der Waals surface area (Å²) in [5.74, 6) is -0.437. The zero-order chi connectivity index (χ0) is 26.7. The fourth-order valence-electron chi connectivity index (χ4n) is 4.86. The molecule has 9 heteroatoms. The van der Waals surface area contributed by atoms with Gasteiger partial charge in [0.05, 0.1) is 17.3 Å². The van der Waals surface area contributed by atoms with E-state index in [1.165, 1.54) is 24.3 Å². The molecule has 3 nitrogen and oxygen atoms in total. The van der Waals surface area contributed by atoms with Crippen LogP contribution in [0, 0.1) is 17.2 Å². The van der Waals surface area contributed by atoms with Crippen LogP contribution in [0.15, 0.2) is 48.5 Å². The van der Waals surface area contributed by atoms with Gasteiger partial charge in [-0.1, -0.05) is 38.1 Å². The van der Waals surface area contributed by atoms with Gasteiger partial charge < -0.3 is 5.41 Å². The van der Waals surface area contributed by atoms with Crippen molar-refractivity contribution in [1.82, 2.24) is 4.90 Å². The summed E-state index contributed by atoms with van der Waals surface area (Å²) in [5, 5.41) is 7.36. The molecule has 0 bridgehead atoms. The summed E-state index contributed by atoms with van der Waals surface area (Å²) in [7, 11) is 0. The average molecular weight is 513 g/mol. The molecule has 0 unspecified atom stereocenters. The van der Waals surface area contributed by atoms with Crippen molar-refractivity contribution in [3.05, 3.63) is 70.8 Å². The van der Waals surface area contributed by atoms with E-state index in [9.17, 15) is 31.1 Å². The maximum Gasteiger partial charge on any atom is 0.416 e. The van der Waals surface area contributed by atoms with E-state index < -0.39 is 35.4 Å². The number of hydrogen-bond acceptors (Lipinski definition) is 3. The van der Waals surface area contributed by atoms with Crippen molar-refractivity contribution >= 4 is 12.0 Å². The van der Waals surface area contributed by atoms with Gasteiger partial charge in [0.25, 0.3) is 0 Å². The van der Waals surface area contributed by atoms with Crippen molar-refractivity contribution in [3.8, 4) is 0 Å². The average Bonchev–Trinajstić information content (AvgIpc) is 2.83. The van der Waals surface area contributed by atoms with Gasteiger partial charge >= 0.3 is 12.4 Å². The summed E-state index contributed by atoms with van der Waals surface area (Å²) in [6, 6.07) is 9.17. The zero-order valence-electron chi connectivity index (χ0n) is 20.2. The summed E-state index contributed by atoms with van der Waals surface area (Å²) in [5.41, 5.74) is -0.229. The summed E-state index contributed by atoms with van der Waals surface area (Å²) in [6.45, 7) is 4.53. The molecule has 0 amide bonds. The number of hydrogen-bond donors (Lipinski definition) is 1. The molecule has 3 atom stereocenters. The number of carbonyl (C=O) groups is 1. The quantitative estimate of drug-likeness (QED) is 0.289. The van der Waals surface area contributed by atoms with Crippen LogP contribution in [0.2, 0.25) is 0 Å². The molecule has 0 aromatic heterocycles. The second-order valence-electron chi connectivity index (χ2n) is 9.75. The topological polar surface area (TPSA) is 44.2 Å². The third-order valence-corrected chi connectivity index (χ3v) is 6.85. The summed E-state index contributed by atoms with van der Waals surface area (Å²) in [6.07, 6.45) is -5.95. The van der Waals surface area contributed by atoms with Gasteiger partial charge in [-0.05, 0) is 67.0 Å². The Bertz CT molecular complexity index is 1030. The number of piperidine rings is 1. The van der Waals surface area contributed by atoms with Crippen molar-refractivity contribution in [2.75, 3.05) is 6.54 Å². The Labute approximate surface area is 207 Å².